The van der Waals surface area contributed by atoms with Gasteiger partial charge in [0.2, 0.25) is 0 Å². The zero-order valence-electron chi connectivity index (χ0n) is 11.7. The third-order valence-corrected chi connectivity index (χ3v) is 5.08. The fourth-order valence-corrected chi connectivity index (χ4v) is 4.43. The second-order valence-corrected chi connectivity index (χ2v) is 6.28. The van der Waals surface area contributed by atoms with Crippen molar-refractivity contribution in [1.82, 2.24) is 10.2 Å². The maximum Gasteiger partial charge on any atom is 0.0622 e. The highest BCUT2D eigenvalue weighted by Crippen LogP contribution is 2.37. The van der Waals surface area contributed by atoms with Crippen LogP contribution in [0.2, 0.25) is 0 Å². The molecule has 3 heterocycles. The lowest BCUT2D eigenvalue weighted by Crippen LogP contribution is -2.61. The van der Waals surface area contributed by atoms with E-state index < -0.39 is 0 Å². The van der Waals surface area contributed by atoms with Crippen molar-refractivity contribution >= 4 is 0 Å². The van der Waals surface area contributed by atoms with Crippen LogP contribution in [0.1, 0.15) is 51.9 Å². The summed E-state index contributed by atoms with van der Waals surface area (Å²) in [5.41, 5.74) is 0. The number of ether oxygens (including phenoxy) is 1. The van der Waals surface area contributed by atoms with Gasteiger partial charge in [-0.25, -0.2) is 0 Å². The van der Waals surface area contributed by atoms with Crippen molar-refractivity contribution in [2.24, 2.45) is 0 Å². The average molecular weight is 252 g/mol. The van der Waals surface area contributed by atoms with Gasteiger partial charge in [0.25, 0.3) is 0 Å². The number of nitrogens with one attached hydrogen (secondary N) is 1. The number of hydrogen-bond donors (Lipinski definition) is 1. The summed E-state index contributed by atoms with van der Waals surface area (Å²) >= 11 is 0. The minimum atomic E-state index is 0.719. The zero-order chi connectivity index (χ0) is 12.4. The molecule has 0 aromatic carbocycles. The molecule has 3 heteroatoms. The molecule has 0 radical (unpaired) electrons. The van der Waals surface area contributed by atoms with Gasteiger partial charge in [-0.05, 0) is 45.1 Å². The van der Waals surface area contributed by atoms with Crippen LogP contribution in [0.15, 0.2) is 0 Å². The number of hydrogen-bond acceptors (Lipinski definition) is 3. The minimum Gasteiger partial charge on any atom is -0.380 e. The first-order valence-electron chi connectivity index (χ1n) is 7.97. The van der Waals surface area contributed by atoms with Crippen molar-refractivity contribution < 1.29 is 4.74 Å². The maximum atomic E-state index is 5.72. The molecule has 3 nitrogen and oxygen atoms in total. The minimum absolute atomic E-state index is 0.719. The normalized spacial score (nSPS) is 41.8. The van der Waals surface area contributed by atoms with Crippen LogP contribution in [-0.2, 0) is 4.74 Å². The van der Waals surface area contributed by atoms with Gasteiger partial charge in [0.1, 0.15) is 0 Å². The summed E-state index contributed by atoms with van der Waals surface area (Å²) in [6.07, 6.45) is 9.61. The monoisotopic (exact) mass is 252 g/mol. The van der Waals surface area contributed by atoms with E-state index in [0.29, 0.717) is 0 Å². The van der Waals surface area contributed by atoms with Crippen LogP contribution in [-0.4, -0.2) is 48.8 Å². The van der Waals surface area contributed by atoms with Gasteiger partial charge >= 0.3 is 0 Å². The molecule has 3 fully saturated rings. The van der Waals surface area contributed by atoms with Crippen molar-refractivity contribution in [2.45, 2.75) is 76.0 Å². The Morgan fingerprint density at radius 2 is 1.78 bits per heavy atom. The maximum absolute atomic E-state index is 5.72. The third-order valence-electron chi connectivity index (χ3n) is 5.08. The molecule has 0 amide bonds. The second kappa shape index (κ2) is 5.89. The van der Waals surface area contributed by atoms with Crippen LogP contribution in [0.4, 0.5) is 0 Å². The van der Waals surface area contributed by atoms with Crippen molar-refractivity contribution in [3.8, 4) is 0 Å². The highest BCUT2D eigenvalue weighted by molar-refractivity contribution is 4.98. The van der Waals surface area contributed by atoms with Gasteiger partial charge in [-0.3, -0.25) is 4.90 Å². The molecule has 1 N–H and O–H groups in total. The second-order valence-electron chi connectivity index (χ2n) is 6.28. The van der Waals surface area contributed by atoms with E-state index in [9.17, 15) is 0 Å². The van der Waals surface area contributed by atoms with E-state index in [4.69, 9.17) is 4.74 Å². The van der Waals surface area contributed by atoms with Gasteiger partial charge in [0.15, 0.2) is 0 Å². The molecule has 0 aliphatic carbocycles. The van der Waals surface area contributed by atoms with Crippen molar-refractivity contribution in [3.63, 3.8) is 0 Å². The molecule has 3 rings (SSSR count). The van der Waals surface area contributed by atoms with Crippen LogP contribution in [0, 0.1) is 0 Å². The molecule has 3 aliphatic rings. The topological polar surface area (TPSA) is 24.5 Å². The van der Waals surface area contributed by atoms with Gasteiger partial charge in [0.05, 0.1) is 6.61 Å². The number of nitrogens with zero attached hydrogens (tertiary/aromatic N) is 1. The van der Waals surface area contributed by atoms with E-state index in [1.807, 2.05) is 0 Å². The van der Waals surface area contributed by atoms with Crippen molar-refractivity contribution in [1.29, 1.82) is 0 Å². The predicted octanol–water partition coefficient (Wildman–Crippen LogP) is 2.16. The molecule has 2 bridgehead atoms. The first kappa shape index (κ1) is 12.9. The summed E-state index contributed by atoms with van der Waals surface area (Å²) in [5.74, 6) is 0. The van der Waals surface area contributed by atoms with Crippen LogP contribution in [0.5, 0.6) is 0 Å². The lowest BCUT2D eigenvalue weighted by Gasteiger charge is -2.53. The Morgan fingerprint density at radius 1 is 1.06 bits per heavy atom. The van der Waals surface area contributed by atoms with Gasteiger partial charge in [-0.2, -0.15) is 0 Å². The summed E-state index contributed by atoms with van der Waals surface area (Å²) in [6.45, 7) is 5.33. The van der Waals surface area contributed by atoms with E-state index in [0.717, 1.165) is 43.9 Å². The fraction of sp³-hybridized carbons (Fsp3) is 1.00. The van der Waals surface area contributed by atoms with Crippen LogP contribution < -0.4 is 5.32 Å². The Labute approximate surface area is 111 Å². The Balaban J connectivity index is 1.67. The molecule has 3 atom stereocenters. The predicted molar refractivity (Wildman–Crippen MR) is 73.8 cm³/mol. The highest BCUT2D eigenvalue weighted by atomic mass is 16.5. The van der Waals surface area contributed by atoms with Gasteiger partial charge < -0.3 is 10.1 Å². The van der Waals surface area contributed by atoms with E-state index >= 15 is 0 Å². The van der Waals surface area contributed by atoms with Crippen LogP contribution in [0.3, 0.4) is 0 Å². The van der Waals surface area contributed by atoms with Crippen molar-refractivity contribution in [2.75, 3.05) is 19.8 Å². The smallest absolute Gasteiger partial charge is 0.0622 e. The zero-order valence-corrected chi connectivity index (χ0v) is 11.7. The summed E-state index contributed by atoms with van der Waals surface area (Å²) < 4.78 is 5.72. The first-order chi connectivity index (χ1) is 8.88. The molecule has 18 heavy (non-hydrogen) atoms. The number of fused-ring (bicyclic) bond motifs is 2. The molecule has 3 aliphatic heterocycles. The van der Waals surface area contributed by atoms with Gasteiger partial charge in [-0.15, -0.1) is 0 Å². The Hall–Kier alpha value is -0.120. The van der Waals surface area contributed by atoms with E-state index in [2.05, 4.69) is 17.1 Å². The summed E-state index contributed by atoms with van der Waals surface area (Å²) in [7, 11) is 0. The van der Waals surface area contributed by atoms with Crippen LogP contribution >= 0.6 is 0 Å². The Morgan fingerprint density at radius 3 is 2.39 bits per heavy atom. The number of piperidine rings is 2. The first-order valence-corrected chi connectivity index (χ1v) is 7.97. The SMILES string of the molecule is CCNC1CC2CCCC(C1)N2C1CCCOC1. The molecular formula is C15H28N2O. The summed E-state index contributed by atoms with van der Waals surface area (Å²) in [5, 5.41) is 3.68. The van der Waals surface area contributed by atoms with Gasteiger partial charge in [-0.1, -0.05) is 13.3 Å². The quantitative estimate of drug-likeness (QED) is 0.833. The molecular weight excluding hydrogens is 224 g/mol. The molecule has 0 spiro atoms. The molecule has 3 saturated heterocycles. The molecule has 0 aromatic heterocycles. The molecule has 0 aromatic rings. The van der Waals surface area contributed by atoms with Crippen molar-refractivity contribution in [3.05, 3.63) is 0 Å². The Bertz CT molecular complexity index is 251. The highest BCUT2D eigenvalue weighted by Gasteiger charge is 2.41. The number of rotatable bonds is 3. The van der Waals surface area contributed by atoms with Crippen LogP contribution in [0.25, 0.3) is 0 Å². The fourth-order valence-electron chi connectivity index (χ4n) is 4.43. The lowest BCUT2D eigenvalue weighted by atomic mass is 9.80. The van der Waals surface area contributed by atoms with Gasteiger partial charge in [0, 0.05) is 30.8 Å². The molecule has 3 unspecified atom stereocenters. The lowest BCUT2D eigenvalue weighted by molar-refractivity contribution is -0.0626. The Kier molecular flexibility index (Phi) is 4.22. The third kappa shape index (κ3) is 2.59. The van der Waals surface area contributed by atoms with E-state index in [-0.39, 0.29) is 0 Å². The van der Waals surface area contributed by atoms with E-state index in [1.165, 1.54) is 44.9 Å². The largest absolute Gasteiger partial charge is 0.380 e. The molecule has 104 valence electrons. The average Bonchev–Trinajstić information content (AvgIpc) is 2.39. The summed E-state index contributed by atoms with van der Waals surface area (Å²) in [4.78, 5) is 2.86. The van der Waals surface area contributed by atoms with E-state index in [1.54, 1.807) is 0 Å². The molecule has 0 saturated carbocycles. The summed E-state index contributed by atoms with van der Waals surface area (Å²) in [6, 6.07) is 3.14. The standard InChI is InChI=1S/C15H28N2O/c1-2-16-12-9-13-5-3-6-14(10-12)17(13)15-7-4-8-18-11-15/h12-16H,2-11H2,1H3.